The zero-order chi connectivity index (χ0) is 18.2. The molecule has 140 valence electrons. The lowest BCUT2D eigenvalue weighted by Crippen LogP contribution is -2.57. The van der Waals surface area contributed by atoms with E-state index in [1.165, 1.54) is 0 Å². The molecule has 0 aromatic carbocycles. The minimum absolute atomic E-state index is 0.0501. The predicted molar refractivity (Wildman–Crippen MR) is 85.8 cm³/mol. The highest BCUT2D eigenvalue weighted by Gasteiger charge is 2.37. The number of ether oxygens (including phenoxy) is 3. The summed E-state index contributed by atoms with van der Waals surface area (Å²) >= 11 is 0. The fraction of sp³-hybridized carbons (Fsp3) is 0.857. The summed E-state index contributed by atoms with van der Waals surface area (Å²) in [5.74, 6) is -1.38. The van der Waals surface area contributed by atoms with Crippen molar-refractivity contribution in [1.82, 2.24) is 9.62 Å². The Labute approximate surface area is 142 Å². The number of hydrogen-bond acceptors (Lipinski definition) is 7. The van der Waals surface area contributed by atoms with Crippen LogP contribution < -0.4 is 5.32 Å². The smallest absolute Gasteiger partial charge is 0.325 e. The second-order valence-electron chi connectivity index (χ2n) is 5.46. The van der Waals surface area contributed by atoms with E-state index >= 15 is 0 Å². The van der Waals surface area contributed by atoms with Crippen LogP contribution in [0.3, 0.4) is 0 Å². The van der Waals surface area contributed by atoms with E-state index in [2.05, 4.69) is 5.32 Å². The molecule has 1 aliphatic rings. The third-order valence-corrected chi connectivity index (χ3v) is 5.08. The number of carbonyl (C=O) groups is 2. The minimum atomic E-state index is -3.67. The lowest BCUT2D eigenvalue weighted by Gasteiger charge is -2.33. The zero-order valence-electron chi connectivity index (χ0n) is 14.3. The third-order valence-electron chi connectivity index (χ3n) is 3.24. The molecular formula is C14H26N2O7S. The van der Waals surface area contributed by atoms with Crippen LogP contribution >= 0.6 is 0 Å². The highest BCUT2D eigenvalue weighted by atomic mass is 32.2. The number of esters is 1. The summed E-state index contributed by atoms with van der Waals surface area (Å²) in [4.78, 5) is 23.5. The number of nitrogens with one attached hydrogen (secondary N) is 1. The Balaban J connectivity index is 2.66. The van der Waals surface area contributed by atoms with Crippen molar-refractivity contribution in [2.75, 3.05) is 45.3 Å². The molecule has 1 N–H and O–H groups in total. The van der Waals surface area contributed by atoms with E-state index < -0.39 is 27.9 Å². The molecule has 0 radical (unpaired) electrons. The van der Waals surface area contributed by atoms with E-state index in [0.717, 1.165) is 4.31 Å². The van der Waals surface area contributed by atoms with E-state index in [1.807, 2.05) is 13.8 Å². The van der Waals surface area contributed by atoms with Crippen molar-refractivity contribution in [2.45, 2.75) is 32.9 Å². The van der Waals surface area contributed by atoms with Crippen LogP contribution in [0.25, 0.3) is 0 Å². The molecule has 1 unspecified atom stereocenters. The number of sulfonamides is 1. The number of nitrogens with zero attached hydrogens (tertiary/aromatic N) is 1. The first-order chi connectivity index (χ1) is 11.3. The van der Waals surface area contributed by atoms with E-state index in [0.29, 0.717) is 0 Å². The molecule has 0 aromatic rings. The van der Waals surface area contributed by atoms with Gasteiger partial charge in [-0.05, 0) is 20.8 Å². The van der Waals surface area contributed by atoms with Crippen LogP contribution in [0.15, 0.2) is 0 Å². The summed E-state index contributed by atoms with van der Waals surface area (Å²) in [5.41, 5.74) is 0. The normalized spacial score (nSPS) is 19.2. The predicted octanol–water partition coefficient (Wildman–Crippen LogP) is -0.879. The number of hydrogen-bond donors (Lipinski definition) is 1. The van der Waals surface area contributed by atoms with Crippen LogP contribution in [0.1, 0.15) is 20.8 Å². The molecule has 9 nitrogen and oxygen atoms in total. The zero-order valence-corrected chi connectivity index (χ0v) is 15.1. The van der Waals surface area contributed by atoms with Gasteiger partial charge in [-0.3, -0.25) is 9.59 Å². The summed E-state index contributed by atoms with van der Waals surface area (Å²) in [6, 6.07) is -1.00. The summed E-state index contributed by atoms with van der Waals surface area (Å²) in [6.07, 6.45) is -0.0754. The summed E-state index contributed by atoms with van der Waals surface area (Å²) in [6.45, 7) is 5.47. The van der Waals surface area contributed by atoms with Gasteiger partial charge in [0, 0.05) is 6.54 Å². The number of amides is 1. The maximum absolute atomic E-state index is 12.4. The second kappa shape index (κ2) is 9.92. The van der Waals surface area contributed by atoms with Crippen LogP contribution in [0.5, 0.6) is 0 Å². The molecule has 0 aromatic heterocycles. The van der Waals surface area contributed by atoms with Crippen molar-refractivity contribution < 1.29 is 32.2 Å². The Morgan fingerprint density at radius 3 is 2.71 bits per heavy atom. The van der Waals surface area contributed by atoms with Crippen LogP contribution in [0.4, 0.5) is 0 Å². The van der Waals surface area contributed by atoms with E-state index in [4.69, 9.17) is 14.2 Å². The molecule has 1 aliphatic heterocycles. The van der Waals surface area contributed by atoms with Crippen LogP contribution in [0, 0.1) is 0 Å². The Kier molecular flexibility index (Phi) is 8.60. The van der Waals surface area contributed by atoms with Gasteiger partial charge in [0.2, 0.25) is 15.9 Å². The fourth-order valence-electron chi connectivity index (χ4n) is 2.12. The SMILES string of the molecule is CCOC(=O)CNC(=O)C1COCCN1S(=O)(=O)CCOC(C)C. The van der Waals surface area contributed by atoms with Gasteiger partial charge in [-0.1, -0.05) is 0 Å². The Hall–Kier alpha value is -1.23. The molecule has 24 heavy (non-hydrogen) atoms. The first-order valence-electron chi connectivity index (χ1n) is 7.90. The highest BCUT2D eigenvalue weighted by molar-refractivity contribution is 7.89. The quantitative estimate of drug-likeness (QED) is 0.528. The van der Waals surface area contributed by atoms with E-state index in [-0.39, 0.29) is 51.4 Å². The molecule has 0 saturated carbocycles. The molecule has 1 amide bonds. The molecule has 0 bridgehead atoms. The van der Waals surface area contributed by atoms with E-state index in [9.17, 15) is 18.0 Å². The lowest BCUT2D eigenvalue weighted by molar-refractivity contribution is -0.144. The Bertz CT molecular complexity index is 521. The van der Waals surface area contributed by atoms with Gasteiger partial charge in [-0.2, -0.15) is 4.31 Å². The largest absolute Gasteiger partial charge is 0.465 e. The first-order valence-corrected chi connectivity index (χ1v) is 9.51. The molecule has 0 aliphatic carbocycles. The molecule has 1 heterocycles. The van der Waals surface area contributed by atoms with Gasteiger partial charge >= 0.3 is 5.97 Å². The standard InChI is InChI=1S/C14H26N2O7S/c1-4-22-13(17)9-15-14(18)12-10-21-6-5-16(12)24(19,20)8-7-23-11(2)3/h11-12H,4-10H2,1-3H3,(H,15,18). The second-order valence-corrected chi connectivity index (χ2v) is 7.50. The molecule has 1 rings (SSSR count). The maximum Gasteiger partial charge on any atom is 0.325 e. The molecule has 1 saturated heterocycles. The first kappa shape index (κ1) is 20.8. The van der Waals surface area contributed by atoms with Crippen LogP contribution in [-0.2, 0) is 33.8 Å². The summed E-state index contributed by atoms with van der Waals surface area (Å²) in [7, 11) is -3.67. The highest BCUT2D eigenvalue weighted by Crippen LogP contribution is 2.13. The van der Waals surface area contributed by atoms with E-state index in [1.54, 1.807) is 6.92 Å². The van der Waals surface area contributed by atoms with Gasteiger partial charge in [-0.25, -0.2) is 8.42 Å². The number of carbonyl (C=O) groups excluding carboxylic acids is 2. The van der Waals surface area contributed by atoms with Gasteiger partial charge in [0.25, 0.3) is 0 Å². The topological polar surface area (TPSA) is 111 Å². The van der Waals surface area contributed by atoms with Crippen LogP contribution in [-0.4, -0.2) is 82.0 Å². The lowest BCUT2D eigenvalue weighted by atomic mass is 10.2. The van der Waals surface area contributed by atoms with Crippen molar-refractivity contribution >= 4 is 21.9 Å². The molecule has 1 fully saturated rings. The molecular weight excluding hydrogens is 340 g/mol. The van der Waals surface area contributed by atoms with Gasteiger partial charge in [0.05, 0.1) is 38.3 Å². The minimum Gasteiger partial charge on any atom is -0.465 e. The fourth-order valence-corrected chi connectivity index (χ4v) is 3.56. The van der Waals surface area contributed by atoms with Gasteiger partial charge in [-0.15, -0.1) is 0 Å². The summed E-state index contributed by atoms with van der Waals surface area (Å²) < 4.78 is 41.2. The monoisotopic (exact) mass is 366 g/mol. The number of morpholine rings is 1. The summed E-state index contributed by atoms with van der Waals surface area (Å²) in [5, 5.41) is 2.38. The van der Waals surface area contributed by atoms with Crippen molar-refractivity contribution in [3.8, 4) is 0 Å². The average Bonchev–Trinajstić information content (AvgIpc) is 2.52. The number of rotatable bonds is 9. The maximum atomic E-state index is 12.4. The molecule has 0 spiro atoms. The third kappa shape index (κ3) is 6.71. The van der Waals surface area contributed by atoms with Gasteiger partial charge in [0.15, 0.2) is 0 Å². The van der Waals surface area contributed by atoms with Gasteiger partial charge < -0.3 is 19.5 Å². The molecule has 10 heteroatoms. The average molecular weight is 366 g/mol. The van der Waals surface area contributed by atoms with Crippen molar-refractivity contribution in [3.05, 3.63) is 0 Å². The van der Waals surface area contributed by atoms with Crippen molar-refractivity contribution in [2.24, 2.45) is 0 Å². The van der Waals surface area contributed by atoms with Crippen molar-refractivity contribution in [3.63, 3.8) is 0 Å². The van der Waals surface area contributed by atoms with Crippen molar-refractivity contribution in [1.29, 1.82) is 0 Å². The molecule has 1 atom stereocenters. The Morgan fingerprint density at radius 2 is 2.08 bits per heavy atom. The Morgan fingerprint density at radius 1 is 1.38 bits per heavy atom. The van der Waals surface area contributed by atoms with Gasteiger partial charge in [0.1, 0.15) is 12.6 Å². The van der Waals surface area contributed by atoms with Crippen LogP contribution in [0.2, 0.25) is 0 Å².